The van der Waals surface area contributed by atoms with E-state index in [0.29, 0.717) is 13.1 Å². The number of aromatic nitrogens is 3. The highest BCUT2D eigenvalue weighted by molar-refractivity contribution is 5.75. The van der Waals surface area contributed by atoms with Gasteiger partial charge in [-0.3, -0.25) is 0 Å². The van der Waals surface area contributed by atoms with Gasteiger partial charge in [0.1, 0.15) is 12.7 Å². The lowest BCUT2D eigenvalue weighted by Crippen LogP contribution is -2.68. The van der Waals surface area contributed by atoms with Crippen LogP contribution in [0.15, 0.2) is 36.9 Å². The number of benzene rings is 1. The van der Waals surface area contributed by atoms with Crippen LogP contribution < -0.4 is 10.6 Å². The van der Waals surface area contributed by atoms with E-state index in [9.17, 15) is 18.0 Å². The van der Waals surface area contributed by atoms with Gasteiger partial charge in [0.15, 0.2) is 0 Å². The Morgan fingerprint density at radius 1 is 1.12 bits per heavy atom. The van der Waals surface area contributed by atoms with Crippen LogP contribution in [0.3, 0.4) is 0 Å². The number of carbonyl (C=O) groups is 2. The third-order valence-electron chi connectivity index (χ3n) is 4.80. The van der Waals surface area contributed by atoms with Gasteiger partial charge in [-0.2, -0.15) is 18.3 Å². The number of carboxylic acids is 1. The van der Waals surface area contributed by atoms with Gasteiger partial charge in [-0.15, -0.1) is 0 Å². The van der Waals surface area contributed by atoms with E-state index in [1.54, 1.807) is 11.0 Å². The third kappa shape index (κ3) is 7.74. The Labute approximate surface area is 190 Å². The first kappa shape index (κ1) is 26.1. The predicted octanol–water partition coefficient (Wildman–Crippen LogP) is 3.13. The average Bonchev–Trinajstić information content (AvgIpc) is 3.20. The van der Waals surface area contributed by atoms with Crippen molar-refractivity contribution in [3.05, 3.63) is 42.5 Å². The predicted molar refractivity (Wildman–Crippen MR) is 115 cm³/mol. The van der Waals surface area contributed by atoms with Crippen molar-refractivity contribution in [2.24, 2.45) is 0 Å². The molecule has 33 heavy (non-hydrogen) atoms. The van der Waals surface area contributed by atoms with Crippen molar-refractivity contribution in [3.63, 3.8) is 0 Å². The van der Waals surface area contributed by atoms with E-state index in [1.807, 2.05) is 36.1 Å². The smallest absolute Gasteiger partial charge is 0.475 e. The van der Waals surface area contributed by atoms with E-state index in [2.05, 4.69) is 48.4 Å². The summed E-state index contributed by atoms with van der Waals surface area (Å²) in [7, 11) is 0. The van der Waals surface area contributed by atoms with Gasteiger partial charge >= 0.3 is 18.2 Å². The number of piperazine rings is 1. The zero-order chi connectivity index (χ0) is 25.0. The van der Waals surface area contributed by atoms with Gasteiger partial charge in [0, 0.05) is 24.2 Å². The SMILES string of the molecule is CC(NC(=O)N1CC(C)(C)NC(C)(C)C1)c1ccc(-n2cncn2)cc1.O=C(O)C(F)(F)F. The van der Waals surface area contributed by atoms with Crippen LogP contribution in [-0.4, -0.2) is 67.1 Å². The molecule has 1 aromatic carbocycles. The number of nitrogens with one attached hydrogen (secondary N) is 2. The van der Waals surface area contributed by atoms with Crippen molar-refractivity contribution in [1.29, 1.82) is 0 Å². The molecule has 0 aliphatic carbocycles. The molecule has 1 unspecified atom stereocenters. The standard InChI is InChI=1S/C19H28N6O.C2HF3O2/c1-14(15-6-8-16(9-7-15)25-13-20-12-21-25)22-17(26)24-10-18(2,3)23-19(4,5)11-24;3-2(4,5)1(6)7/h6-9,12-14,23H,10-11H2,1-5H3,(H,22,26);(H,6,7). The summed E-state index contributed by atoms with van der Waals surface area (Å²) in [6.45, 7) is 11.9. The van der Waals surface area contributed by atoms with Gasteiger partial charge in [-0.25, -0.2) is 19.3 Å². The quantitative estimate of drug-likeness (QED) is 0.636. The highest BCUT2D eigenvalue weighted by Crippen LogP contribution is 2.22. The maximum absolute atomic E-state index is 12.8. The molecule has 2 aromatic rings. The van der Waals surface area contributed by atoms with Crippen LogP contribution in [-0.2, 0) is 4.79 Å². The van der Waals surface area contributed by atoms with Gasteiger partial charge in [0.05, 0.1) is 11.7 Å². The zero-order valence-electron chi connectivity index (χ0n) is 19.1. The van der Waals surface area contributed by atoms with Crippen molar-refractivity contribution >= 4 is 12.0 Å². The molecule has 12 heteroatoms. The molecular weight excluding hydrogens is 441 g/mol. The first-order valence-corrected chi connectivity index (χ1v) is 10.2. The Bertz CT molecular complexity index is 927. The van der Waals surface area contributed by atoms with E-state index >= 15 is 0 Å². The van der Waals surface area contributed by atoms with Gasteiger partial charge in [0.2, 0.25) is 0 Å². The molecule has 182 valence electrons. The fourth-order valence-electron chi connectivity index (χ4n) is 3.77. The summed E-state index contributed by atoms with van der Waals surface area (Å²) >= 11 is 0. The normalized spacial score (nSPS) is 18.0. The highest BCUT2D eigenvalue weighted by atomic mass is 19.4. The van der Waals surface area contributed by atoms with Crippen LogP contribution in [0.25, 0.3) is 5.69 Å². The lowest BCUT2D eigenvalue weighted by atomic mass is 9.92. The minimum absolute atomic E-state index is 0.0273. The van der Waals surface area contributed by atoms with E-state index in [-0.39, 0.29) is 23.2 Å². The minimum Gasteiger partial charge on any atom is -0.475 e. The second-order valence-corrected chi connectivity index (χ2v) is 9.15. The molecule has 1 aliphatic heterocycles. The Hall–Kier alpha value is -3.15. The third-order valence-corrected chi connectivity index (χ3v) is 4.80. The second-order valence-electron chi connectivity index (χ2n) is 9.15. The number of carboxylic acid groups (broad SMARTS) is 1. The van der Waals surface area contributed by atoms with Gasteiger partial charge in [-0.1, -0.05) is 12.1 Å². The zero-order valence-corrected chi connectivity index (χ0v) is 19.1. The topological polar surface area (TPSA) is 112 Å². The largest absolute Gasteiger partial charge is 0.490 e. The minimum atomic E-state index is -5.08. The molecule has 1 atom stereocenters. The van der Waals surface area contributed by atoms with Crippen LogP contribution in [0, 0.1) is 0 Å². The molecular formula is C21H29F3N6O3. The summed E-state index contributed by atoms with van der Waals surface area (Å²) in [6.07, 6.45) is -1.92. The fourth-order valence-corrected chi connectivity index (χ4v) is 3.77. The van der Waals surface area contributed by atoms with Crippen LogP contribution >= 0.6 is 0 Å². The monoisotopic (exact) mass is 470 g/mol. The molecule has 0 radical (unpaired) electrons. The summed E-state index contributed by atoms with van der Waals surface area (Å²) in [5.41, 5.74) is 1.77. The summed E-state index contributed by atoms with van der Waals surface area (Å²) in [4.78, 5) is 27.5. The molecule has 0 saturated carbocycles. The van der Waals surface area contributed by atoms with Gasteiger partial charge < -0.3 is 20.6 Å². The first-order valence-electron chi connectivity index (χ1n) is 10.2. The van der Waals surface area contributed by atoms with Crippen molar-refractivity contribution < 1.29 is 27.9 Å². The van der Waals surface area contributed by atoms with Crippen molar-refractivity contribution in [3.8, 4) is 5.69 Å². The number of hydrogen-bond donors (Lipinski definition) is 3. The summed E-state index contributed by atoms with van der Waals surface area (Å²) in [5, 5.41) is 18.0. The van der Waals surface area contributed by atoms with Gasteiger partial charge in [-0.05, 0) is 52.3 Å². The lowest BCUT2D eigenvalue weighted by molar-refractivity contribution is -0.192. The number of nitrogens with zero attached hydrogens (tertiary/aromatic N) is 4. The van der Waals surface area contributed by atoms with E-state index in [1.165, 1.54) is 6.33 Å². The molecule has 1 fully saturated rings. The number of rotatable bonds is 3. The summed E-state index contributed by atoms with van der Waals surface area (Å²) < 4.78 is 33.4. The molecule has 0 spiro atoms. The number of carbonyl (C=O) groups excluding carboxylic acids is 1. The Morgan fingerprint density at radius 3 is 2.06 bits per heavy atom. The van der Waals surface area contributed by atoms with Gasteiger partial charge in [0.25, 0.3) is 0 Å². The van der Waals surface area contributed by atoms with Crippen LogP contribution in [0.5, 0.6) is 0 Å². The second kappa shape index (κ2) is 9.77. The van der Waals surface area contributed by atoms with Crippen LogP contribution in [0.1, 0.15) is 46.2 Å². The lowest BCUT2D eigenvalue weighted by Gasteiger charge is -2.48. The van der Waals surface area contributed by atoms with E-state index in [0.717, 1.165) is 11.3 Å². The molecule has 2 heterocycles. The number of alkyl halides is 3. The molecule has 1 aromatic heterocycles. The number of halogens is 3. The first-order chi connectivity index (χ1) is 15.1. The van der Waals surface area contributed by atoms with E-state index in [4.69, 9.17) is 9.90 Å². The van der Waals surface area contributed by atoms with Crippen molar-refractivity contribution in [1.82, 2.24) is 30.3 Å². The number of aliphatic carboxylic acids is 1. The molecule has 1 aliphatic rings. The molecule has 3 rings (SSSR count). The van der Waals surface area contributed by atoms with Crippen molar-refractivity contribution in [2.45, 2.75) is 57.9 Å². The van der Waals surface area contributed by atoms with Crippen molar-refractivity contribution in [2.75, 3.05) is 13.1 Å². The number of urea groups is 1. The number of amides is 2. The highest BCUT2D eigenvalue weighted by Gasteiger charge is 2.39. The maximum Gasteiger partial charge on any atom is 0.490 e. The molecule has 2 amide bonds. The summed E-state index contributed by atoms with van der Waals surface area (Å²) in [6, 6.07) is 7.86. The Morgan fingerprint density at radius 2 is 1.64 bits per heavy atom. The molecule has 9 nitrogen and oxygen atoms in total. The van der Waals surface area contributed by atoms with Crippen LogP contribution in [0.4, 0.5) is 18.0 Å². The van der Waals surface area contributed by atoms with Crippen LogP contribution in [0.2, 0.25) is 0 Å². The molecule has 3 N–H and O–H groups in total. The number of hydrogen-bond acceptors (Lipinski definition) is 5. The fraction of sp³-hybridized carbons (Fsp3) is 0.524. The molecule has 1 saturated heterocycles. The average molecular weight is 470 g/mol. The Kier molecular flexibility index (Phi) is 7.73. The van der Waals surface area contributed by atoms with E-state index < -0.39 is 12.1 Å². The summed E-state index contributed by atoms with van der Waals surface area (Å²) in [5.74, 6) is -2.76. The Balaban J connectivity index is 0.000000479. The maximum atomic E-state index is 12.8. The molecule has 0 bridgehead atoms.